The van der Waals surface area contributed by atoms with E-state index < -0.39 is 7.82 Å². The molecule has 7 nitrogen and oxygen atoms in total. The molecule has 0 aliphatic carbocycles. The highest BCUT2D eigenvalue weighted by Gasteiger charge is 2.32. The third-order valence-corrected chi connectivity index (χ3v) is 3.01. The Morgan fingerprint density at radius 1 is 1.11 bits per heavy atom. The van der Waals surface area contributed by atoms with Crippen molar-refractivity contribution in [1.82, 2.24) is 0 Å². The van der Waals surface area contributed by atoms with Crippen LogP contribution in [0.5, 0.6) is 0 Å². The van der Waals surface area contributed by atoms with Gasteiger partial charge in [0.15, 0.2) is 0 Å². The number of epoxide rings is 2. The quantitative estimate of drug-likeness (QED) is 0.524. The second kappa shape index (κ2) is 8.22. The summed E-state index contributed by atoms with van der Waals surface area (Å²) in [6.45, 7) is 7.07. The number of rotatable bonds is 8. The molecule has 2 unspecified atom stereocenters. The van der Waals surface area contributed by atoms with Crippen molar-refractivity contribution in [3.8, 4) is 0 Å². The lowest BCUT2D eigenvalue weighted by molar-refractivity contribution is 0.131. The Hall–Kier alpha value is -0.0100. The van der Waals surface area contributed by atoms with Crippen LogP contribution in [0.25, 0.3) is 0 Å². The summed E-state index contributed by atoms with van der Waals surface area (Å²) in [5, 5.41) is 0. The number of phosphoric acid groups is 1. The Morgan fingerprint density at radius 3 is 1.72 bits per heavy atom. The fourth-order valence-electron chi connectivity index (χ4n) is 0.925. The molecule has 1 N–H and O–H groups in total. The average molecular weight is 284 g/mol. The van der Waals surface area contributed by atoms with Crippen molar-refractivity contribution >= 4 is 7.82 Å². The van der Waals surface area contributed by atoms with Crippen LogP contribution in [0.4, 0.5) is 0 Å². The summed E-state index contributed by atoms with van der Waals surface area (Å²) in [4.78, 5) is 9.07. The molecule has 0 saturated carbocycles. The Bertz CT molecular complexity index is 243. The number of hydrogen-bond acceptors (Lipinski definition) is 6. The second-order valence-electron chi connectivity index (χ2n) is 3.75. The van der Waals surface area contributed by atoms with E-state index in [9.17, 15) is 4.57 Å². The van der Waals surface area contributed by atoms with Crippen molar-refractivity contribution in [2.45, 2.75) is 26.1 Å². The summed E-state index contributed by atoms with van der Waals surface area (Å²) >= 11 is 0. The lowest BCUT2D eigenvalue weighted by Gasteiger charge is -2.09. The van der Waals surface area contributed by atoms with Crippen molar-refractivity contribution < 1.29 is 32.7 Å². The van der Waals surface area contributed by atoms with Crippen molar-refractivity contribution in [2.75, 3.05) is 39.6 Å². The lowest BCUT2D eigenvalue weighted by atomic mass is 10.5. The third kappa shape index (κ3) is 8.99. The van der Waals surface area contributed by atoms with Gasteiger partial charge in [-0.3, -0.25) is 9.05 Å². The van der Waals surface area contributed by atoms with Crippen molar-refractivity contribution in [2.24, 2.45) is 0 Å². The molecule has 2 rings (SSSR count). The molecule has 0 aromatic heterocycles. The summed E-state index contributed by atoms with van der Waals surface area (Å²) < 4.78 is 34.8. The zero-order valence-corrected chi connectivity index (χ0v) is 11.6. The smallest absolute Gasteiger partial charge is 0.382 e. The SMILES string of the molecule is CCOCC.O=P(O)(OCC1CO1)OCC1CO1. The summed E-state index contributed by atoms with van der Waals surface area (Å²) in [7, 11) is -3.88. The highest BCUT2D eigenvalue weighted by atomic mass is 31.2. The topological polar surface area (TPSA) is 90.1 Å². The van der Waals surface area contributed by atoms with E-state index in [1.807, 2.05) is 13.8 Å². The zero-order valence-electron chi connectivity index (χ0n) is 10.7. The molecule has 2 atom stereocenters. The first-order valence-corrected chi connectivity index (χ1v) is 7.49. The Morgan fingerprint density at radius 2 is 1.50 bits per heavy atom. The minimum absolute atomic E-state index is 0.0405. The largest absolute Gasteiger partial charge is 0.472 e. The van der Waals surface area contributed by atoms with E-state index in [2.05, 4.69) is 9.05 Å². The van der Waals surface area contributed by atoms with Gasteiger partial charge in [-0.05, 0) is 13.8 Å². The Kier molecular flexibility index (Phi) is 7.33. The van der Waals surface area contributed by atoms with E-state index in [0.29, 0.717) is 13.2 Å². The van der Waals surface area contributed by atoms with E-state index in [1.54, 1.807) is 0 Å². The first kappa shape index (κ1) is 16.0. The van der Waals surface area contributed by atoms with Crippen LogP contribution in [-0.4, -0.2) is 56.7 Å². The van der Waals surface area contributed by atoms with Crippen LogP contribution in [0.3, 0.4) is 0 Å². The molecule has 0 aromatic rings. The van der Waals surface area contributed by atoms with Gasteiger partial charge in [0.2, 0.25) is 0 Å². The van der Waals surface area contributed by atoms with Crippen molar-refractivity contribution in [3.63, 3.8) is 0 Å². The predicted octanol–water partition coefficient (Wildman–Crippen LogP) is 0.960. The molecular weight excluding hydrogens is 263 g/mol. The number of phosphoric ester groups is 1. The van der Waals surface area contributed by atoms with Gasteiger partial charge in [0.1, 0.15) is 12.2 Å². The first-order valence-electron chi connectivity index (χ1n) is 6.00. The lowest BCUT2D eigenvalue weighted by Crippen LogP contribution is -2.05. The van der Waals surface area contributed by atoms with Crippen LogP contribution in [0.2, 0.25) is 0 Å². The maximum absolute atomic E-state index is 11.1. The van der Waals surface area contributed by atoms with Gasteiger partial charge in [0, 0.05) is 13.2 Å². The molecule has 108 valence electrons. The van der Waals surface area contributed by atoms with Crippen LogP contribution in [0, 0.1) is 0 Å². The van der Waals surface area contributed by atoms with Crippen LogP contribution in [0.1, 0.15) is 13.8 Å². The molecule has 0 spiro atoms. The van der Waals surface area contributed by atoms with Gasteiger partial charge < -0.3 is 19.1 Å². The van der Waals surface area contributed by atoms with Crippen LogP contribution < -0.4 is 0 Å². The molecule has 0 aromatic carbocycles. The van der Waals surface area contributed by atoms with E-state index in [4.69, 9.17) is 19.1 Å². The summed E-state index contributed by atoms with van der Waals surface area (Å²) in [6.07, 6.45) is -0.0810. The first-order chi connectivity index (χ1) is 8.57. The number of hydrogen-bond donors (Lipinski definition) is 1. The maximum atomic E-state index is 11.1. The predicted molar refractivity (Wildman–Crippen MR) is 63.4 cm³/mol. The molecule has 0 bridgehead atoms. The summed E-state index contributed by atoms with van der Waals surface area (Å²) in [5.74, 6) is 0. The molecule has 0 amide bonds. The van der Waals surface area contributed by atoms with Crippen molar-refractivity contribution in [1.29, 1.82) is 0 Å². The van der Waals surface area contributed by atoms with E-state index in [-0.39, 0.29) is 25.4 Å². The fourth-order valence-corrected chi connectivity index (χ4v) is 1.71. The van der Waals surface area contributed by atoms with Crippen LogP contribution in [-0.2, 0) is 27.8 Å². The zero-order chi connectivity index (χ0) is 13.4. The van der Waals surface area contributed by atoms with Gasteiger partial charge in [-0.15, -0.1) is 0 Å². The number of ether oxygens (including phenoxy) is 3. The van der Waals surface area contributed by atoms with Gasteiger partial charge >= 0.3 is 7.82 Å². The minimum atomic E-state index is -3.88. The Labute approximate surface area is 107 Å². The molecule has 0 radical (unpaired) electrons. The summed E-state index contributed by atoms with van der Waals surface area (Å²) in [5.41, 5.74) is 0. The third-order valence-electron chi connectivity index (χ3n) is 2.06. The molecule has 2 saturated heterocycles. The molecule has 2 aliphatic rings. The van der Waals surface area contributed by atoms with Gasteiger partial charge in [0.05, 0.1) is 26.4 Å². The molecular formula is C10H21O7P. The molecule has 2 fully saturated rings. The maximum Gasteiger partial charge on any atom is 0.472 e. The molecule has 2 aliphatic heterocycles. The average Bonchev–Trinajstić information content (AvgIpc) is 3.18. The second-order valence-corrected chi connectivity index (χ2v) is 5.21. The molecule has 8 heteroatoms. The monoisotopic (exact) mass is 284 g/mol. The van der Waals surface area contributed by atoms with E-state index in [0.717, 1.165) is 13.2 Å². The van der Waals surface area contributed by atoms with Crippen molar-refractivity contribution in [3.05, 3.63) is 0 Å². The minimum Gasteiger partial charge on any atom is -0.382 e. The van der Waals surface area contributed by atoms with Crippen LogP contribution >= 0.6 is 7.82 Å². The fraction of sp³-hybridized carbons (Fsp3) is 1.00. The molecule has 2 heterocycles. The van der Waals surface area contributed by atoms with Gasteiger partial charge in [-0.25, -0.2) is 4.57 Å². The summed E-state index contributed by atoms with van der Waals surface area (Å²) in [6, 6.07) is 0. The van der Waals surface area contributed by atoms with Crippen LogP contribution in [0.15, 0.2) is 0 Å². The highest BCUT2D eigenvalue weighted by molar-refractivity contribution is 7.47. The van der Waals surface area contributed by atoms with Gasteiger partial charge in [-0.1, -0.05) is 0 Å². The standard InChI is InChI=1S/C6H11O6P.C4H10O/c7-13(8,11-3-5-1-9-5)12-4-6-2-10-6;1-3-5-4-2/h5-6H,1-4H2,(H,7,8);3-4H2,1-2H3. The highest BCUT2D eigenvalue weighted by Crippen LogP contribution is 2.44. The van der Waals surface area contributed by atoms with E-state index in [1.165, 1.54) is 0 Å². The van der Waals surface area contributed by atoms with E-state index >= 15 is 0 Å². The normalized spacial score (nSPS) is 27.9. The van der Waals surface area contributed by atoms with Gasteiger partial charge in [0.25, 0.3) is 0 Å². The molecule has 18 heavy (non-hydrogen) atoms. The van der Waals surface area contributed by atoms with Gasteiger partial charge in [-0.2, -0.15) is 0 Å². The Balaban J connectivity index is 0.000000280.